The summed E-state index contributed by atoms with van der Waals surface area (Å²) in [6.07, 6.45) is 1.88. The van der Waals surface area contributed by atoms with Crippen molar-refractivity contribution in [2.24, 2.45) is 0 Å². The van der Waals surface area contributed by atoms with Crippen LogP contribution in [0.1, 0.15) is 26.1 Å². The SMILES string of the molecule is CCCc1nsc(NCCS(=O)(=O)CC)n1. The molecule has 0 radical (unpaired) electrons. The highest BCUT2D eigenvalue weighted by Gasteiger charge is 2.08. The average Bonchev–Trinajstić information content (AvgIpc) is 2.66. The van der Waals surface area contributed by atoms with E-state index in [4.69, 9.17) is 0 Å². The lowest BCUT2D eigenvalue weighted by Gasteiger charge is -2.01. The number of hydrogen-bond donors (Lipinski definition) is 1. The van der Waals surface area contributed by atoms with Gasteiger partial charge in [0, 0.05) is 30.3 Å². The molecule has 1 heterocycles. The first-order valence-electron chi connectivity index (χ1n) is 5.34. The van der Waals surface area contributed by atoms with Crippen molar-refractivity contribution in [3.05, 3.63) is 5.82 Å². The molecular formula is C9H17N3O2S2. The molecular weight excluding hydrogens is 246 g/mol. The molecule has 1 rings (SSSR count). The Kier molecular flexibility index (Phi) is 5.14. The van der Waals surface area contributed by atoms with Gasteiger partial charge in [0.05, 0.1) is 5.75 Å². The van der Waals surface area contributed by atoms with Gasteiger partial charge < -0.3 is 5.32 Å². The van der Waals surface area contributed by atoms with Gasteiger partial charge in [-0.2, -0.15) is 4.37 Å². The van der Waals surface area contributed by atoms with Crippen LogP contribution in [0.3, 0.4) is 0 Å². The third-order valence-electron chi connectivity index (χ3n) is 2.07. The maximum Gasteiger partial charge on any atom is 0.202 e. The predicted molar refractivity (Wildman–Crippen MR) is 66.7 cm³/mol. The van der Waals surface area contributed by atoms with Crippen LogP contribution in [0.5, 0.6) is 0 Å². The molecule has 1 N–H and O–H groups in total. The Morgan fingerprint density at radius 3 is 2.75 bits per heavy atom. The smallest absolute Gasteiger partial charge is 0.202 e. The summed E-state index contributed by atoms with van der Waals surface area (Å²) in [6.45, 7) is 4.12. The van der Waals surface area contributed by atoms with E-state index in [9.17, 15) is 8.42 Å². The number of aryl methyl sites for hydroxylation is 1. The minimum atomic E-state index is -2.90. The second-order valence-corrected chi connectivity index (χ2v) is 6.65. The summed E-state index contributed by atoms with van der Waals surface area (Å²) in [7, 11) is -2.90. The summed E-state index contributed by atoms with van der Waals surface area (Å²) in [6, 6.07) is 0. The predicted octanol–water partition coefficient (Wildman–Crippen LogP) is 1.34. The molecule has 1 aromatic rings. The number of rotatable bonds is 7. The minimum Gasteiger partial charge on any atom is -0.359 e. The fourth-order valence-corrected chi connectivity index (χ4v) is 2.45. The van der Waals surface area contributed by atoms with Gasteiger partial charge in [-0.25, -0.2) is 13.4 Å². The van der Waals surface area contributed by atoms with Crippen LogP contribution in [-0.4, -0.2) is 35.8 Å². The van der Waals surface area contributed by atoms with Gasteiger partial charge in [-0.15, -0.1) is 0 Å². The topological polar surface area (TPSA) is 72.0 Å². The van der Waals surface area contributed by atoms with Gasteiger partial charge in [-0.05, 0) is 6.42 Å². The van der Waals surface area contributed by atoms with E-state index in [1.54, 1.807) is 6.92 Å². The van der Waals surface area contributed by atoms with Crippen LogP contribution in [0, 0.1) is 0 Å². The Morgan fingerprint density at radius 1 is 1.38 bits per heavy atom. The second kappa shape index (κ2) is 6.15. The summed E-state index contributed by atoms with van der Waals surface area (Å²) in [5.74, 6) is 1.16. The maximum absolute atomic E-state index is 11.2. The number of sulfone groups is 1. The Morgan fingerprint density at radius 2 is 2.12 bits per heavy atom. The first kappa shape index (κ1) is 13.4. The Labute approximate surface area is 100 Å². The van der Waals surface area contributed by atoms with E-state index in [0.29, 0.717) is 11.7 Å². The molecule has 0 unspecified atom stereocenters. The zero-order valence-electron chi connectivity index (χ0n) is 9.56. The summed E-state index contributed by atoms with van der Waals surface area (Å²) < 4.78 is 26.6. The van der Waals surface area contributed by atoms with Gasteiger partial charge in [0.15, 0.2) is 9.84 Å². The number of nitrogens with one attached hydrogen (secondary N) is 1. The van der Waals surface area contributed by atoms with Crippen molar-refractivity contribution in [1.29, 1.82) is 0 Å². The third-order valence-corrected chi connectivity index (χ3v) is 4.49. The minimum absolute atomic E-state index is 0.145. The van der Waals surface area contributed by atoms with Crippen molar-refractivity contribution in [2.75, 3.05) is 23.4 Å². The zero-order valence-corrected chi connectivity index (χ0v) is 11.2. The van der Waals surface area contributed by atoms with Crippen LogP contribution in [0.15, 0.2) is 0 Å². The highest BCUT2D eigenvalue weighted by Crippen LogP contribution is 2.11. The number of hydrogen-bond acceptors (Lipinski definition) is 6. The Hall–Kier alpha value is -0.690. The van der Waals surface area contributed by atoms with Crippen molar-refractivity contribution < 1.29 is 8.42 Å². The van der Waals surface area contributed by atoms with Gasteiger partial charge in [-0.3, -0.25) is 0 Å². The van der Waals surface area contributed by atoms with E-state index in [-0.39, 0.29) is 11.5 Å². The summed E-state index contributed by atoms with van der Waals surface area (Å²) >= 11 is 1.28. The van der Waals surface area contributed by atoms with Crippen LogP contribution in [0.25, 0.3) is 0 Å². The molecule has 0 atom stereocenters. The fourth-order valence-electron chi connectivity index (χ4n) is 1.11. The van der Waals surface area contributed by atoms with E-state index < -0.39 is 9.84 Å². The van der Waals surface area contributed by atoms with Crippen LogP contribution in [-0.2, 0) is 16.3 Å². The van der Waals surface area contributed by atoms with E-state index in [0.717, 1.165) is 18.7 Å². The van der Waals surface area contributed by atoms with E-state index in [1.165, 1.54) is 11.5 Å². The van der Waals surface area contributed by atoms with E-state index >= 15 is 0 Å². The van der Waals surface area contributed by atoms with Crippen molar-refractivity contribution in [2.45, 2.75) is 26.7 Å². The molecule has 0 spiro atoms. The molecule has 0 aromatic carbocycles. The molecule has 92 valence electrons. The molecule has 0 amide bonds. The molecule has 0 saturated heterocycles. The van der Waals surface area contributed by atoms with Gasteiger partial charge in [0.1, 0.15) is 5.82 Å². The molecule has 0 saturated carbocycles. The van der Waals surface area contributed by atoms with Crippen LogP contribution in [0.2, 0.25) is 0 Å². The standard InChI is InChI=1S/C9H17N3O2S2/c1-3-5-8-11-9(15-12-8)10-6-7-16(13,14)4-2/h3-7H2,1-2H3,(H,10,11,12). The molecule has 0 bridgehead atoms. The highest BCUT2D eigenvalue weighted by atomic mass is 32.2. The first-order valence-corrected chi connectivity index (χ1v) is 7.93. The quantitative estimate of drug-likeness (QED) is 0.803. The van der Waals surface area contributed by atoms with E-state index in [1.807, 2.05) is 0 Å². The van der Waals surface area contributed by atoms with Crippen molar-refractivity contribution in [1.82, 2.24) is 9.36 Å². The summed E-state index contributed by atoms with van der Waals surface area (Å²) in [5.41, 5.74) is 0. The van der Waals surface area contributed by atoms with Gasteiger partial charge in [-0.1, -0.05) is 13.8 Å². The number of nitrogens with zero attached hydrogens (tertiary/aromatic N) is 2. The van der Waals surface area contributed by atoms with Crippen LogP contribution < -0.4 is 5.32 Å². The second-order valence-electron chi connectivity index (χ2n) is 3.43. The first-order chi connectivity index (χ1) is 7.57. The highest BCUT2D eigenvalue weighted by molar-refractivity contribution is 7.91. The molecule has 0 aliphatic carbocycles. The monoisotopic (exact) mass is 263 g/mol. The van der Waals surface area contributed by atoms with Crippen molar-refractivity contribution in [3.8, 4) is 0 Å². The van der Waals surface area contributed by atoms with Gasteiger partial charge in [0.2, 0.25) is 5.13 Å². The van der Waals surface area contributed by atoms with Crippen molar-refractivity contribution >= 4 is 26.5 Å². The van der Waals surface area contributed by atoms with Crippen LogP contribution >= 0.6 is 11.5 Å². The maximum atomic E-state index is 11.2. The lowest BCUT2D eigenvalue weighted by atomic mass is 10.3. The Bertz CT molecular complexity index is 414. The summed E-state index contributed by atoms with van der Waals surface area (Å²) in [5, 5.41) is 3.68. The Balaban J connectivity index is 2.37. The molecule has 16 heavy (non-hydrogen) atoms. The van der Waals surface area contributed by atoms with Crippen molar-refractivity contribution in [3.63, 3.8) is 0 Å². The molecule has 7 heteroatoms. The van der Waals surface area contributed by atoms with Crippen LogP contribution in [0.4, 0.5) is 5.13 Å². The normalized spacial score (nSPS) is 11.6. The van der Waals surface area contributed by atoms with Gasteiger partial charge >= 0.3 is 0 Å². The van der Waals surface area contributed by atoms with E-state index in [2.05, 4.69) is 21.6 Å². The third kappa shape index (κ3) is 4.44. The molecule has 1 aromatic heterocycles. The molecule has 0 aliphatic heterocycles. The fraction of sp³-hybridized carbons (Fsp3) is 0.778. The molecule has 5 nitrogen and oxygen atoms in total. The number of aromatic nitrogens is 2. The number of anilines is 1. The average molecular weight is 263 g/mol. The molecule has 0 aliphatic rings. The lowest BCUT2D eigenvalue weighted by Crippen LogP contribution is -2.17. The zero-order chi connectivity index (χ0) is 12.0. The van der Waals surface area contributed by atoms with Gasteiger partial charge in [0.25, 0.3) is 0 Å². The summed E-state index contributed by atoms with van der Waals surface area (Å²) in [4.78, 5) is 4.25. The largest absolute Gasteiger partial charge is 0.359 e. The molecule has 0 fully saturated rings. The lowest BCUT2D eigenvalue weighted by molar-refractivity contribution is 0.597.